The number of rotatable bonds is 7. The van der Waals surface area contributed by atoms with Crippen LogP contribution >= 0.6 is 11.3 Å². The molecular formula is C16H21N5O4S. The van der Waals surface area contributed by atoms with Crippen molar-refractivity contribution in [2.24, 2.45) is 7.05 Å². The highest BCUT2D eigenvalue weighted by Crippen LogP contribution is 2.21. The quantitative estimate of drug-likeness (QED) is 0.641. The van der Waals surface area contributed by atoms with Crippen LogP contribution in [0.1, 0.15) is 23.2 Å². The molecule has 0 saturated carbocycles. The summed E-state index contributed by atoms with van der Waals surface area (Å²) in [6, 6.07) is 0.280. The molecule has 1 N–H and O–H groups in total. The van der Waals surface area contributed by atoms with Crippen LogP contribution in [0.3, 0.4) is 0 Å². The molecule has 0 aliphatic heterocycles. The summed E-state index contributed by atoms with van der Waals surface area (Å²) >= 11 is 1.53. The second kappa shape index (κ2) is 7.42. The first kappa shape index (κ1) is 18.3. The van der Waals surface area contributed by atoms with E-state index in [9.17, 15) is 9.59 Å². The molecule has 140 valence electrons. The number of nitrogens with zero attached hydrogens (tertiary/aromatic N) is 5. The van der Waals surface area contributed by atoms with Crippen molar-refractivity contribution in [3.05, 3.63) is 36.9 Å². The van der Waals surface area contributed by atoms with E-state index >= 15 is 0 Å². The molecule has 0 aliphatic carbocycles. The van der Waals surface area contributed by atoms with Gasteiger partial charge in [-0.25, -0.2) is 9.78 Å². The van der Waals surface area contributed by atoms with Crippen LogP contribution in [0, 0.1) is 6.92 Å². The molecule has 0 saturated heterocycles. The average molecular weight is 379 g/mol. The third kappa shape index (κ3) is 3.17. The summed E-state index contributed by atoms with van der Waals surface area (Å²) in [6.07, 6.45) is 2.09. The van der Waals surface area contributed by atoms with Gasteiger partial charge in [0.15, 0.2) is 11.2 Å². The Morgan fingerprint density at radius 2 is 2.08 bits per heavy atom. The van der Waals surface area contributed by atoms with Gasteiger partial charge in [-0.05, 0) is 20.3 Å². The fraction of sp³-hybridized carbons (Fsp3) is 0.500. The van der Waals surface area contributed by atoms with Gasteiger partial charge in [0.25, 0.3) is 11.6 Å². The molecule has 0 aromatic carbocycles. The Kier molecular flexibility index (Phi) is 5.23. The van der Waals surface area contributed by atoms with Gasteiger partial charge in [0.2, 0.25) is 0 Å². The van der Waals surface area contributed by atoms with Crippen molar-refractivity contribution in [1.29, 1.82) is 0 Å². The number of imidazole rings is 1. The second-order valence-corrected chi connectivity index (χ2v) is 7.15. The van der Waals surface area contributed by atoms with E-state index in [1.54, 1.807) is 17.8 Å². The third-order valence-corrected chi connectivity index (χ3v) is 4.87. The van der Waals surface area contributed by atoms with Gasteiger partial charge in [-0.1, -0.05) is 0 Å². The van der Waals surface area contributed by atoms with E-state index in [1.807, 2.05) is 13.8 Å². The summed E-state index contributed by atoms with van der Waals surface area (Å²) in [5.41, 5.74) is -0.338. The number of fused-ring (bicyclic) bond motifs is 1. The van der Waals surface area contributed by atoms with E-state index < -0.39 is 11.2 Å². The van der Waals surface area contributed by atoms with Gasteiger partial charge in [-0.2, -0.15) is 4.98 Å². The highest BCUT2D eigenvalue weighted by molar-refractivity contribution is 7.11. The minimum atomic E-state index is -0.464. The first-order valence-corrected chi connectivity index (χ1v) is 9.14. The molecule has 0 spiro atoms. The monoisotopic (exact) mass is 379 g/mol. The highest BCUT2D eigenvalue weighted by atomic mass is 32.1. The first-order chi connectivity index (χ1) is 12.5. The summed E-state index contributed by atoms with van der Waals surface area (Å²) in [4.78, 5) is 35.2. The Morgan fingerprint density at radius 1 is 1.31 bits per heavy atom. The standard InChI is InChI=1S/C16H21N5O4S/c1-4-25-15-18-13-12(21(15)9-11-17-8-10(2)26-11)14(23)20(6-5-7-22)16(24)19(13)3/h8,22H,4-7,9H2,1-3H3. The van der Waals surface area contributed by atoms with Crippen LogP contribution in [-0.4, -0.2) is 42.0 Å². The molecule has 0 unspecified atom stereocenters. The molecule has 0 aliphatic rings. The fourth-order valence-electron chi connectivity index (χ4n) is 2.77. The molecule has 0 atom stereocenters. The van der Waals surface area contributed by atoms with Crippen LogP contribution in [-0.2, 0) is 20.1 Å². The van der Waals surface area contributed by atoms with E-state index in [0.29, 0.717) is 25.1 Å². The van der Waals surface area contributed by atoms with Gasteiger partial charge < -0.3 is 9.84 Å². The smallest absolute Gasteiger partial charge is 0.332 e. The zero-order valence-electron chi connectivity index (χ0n) is 14.9. The van der Waals surface area contributed by atoms with Crippen molar-refractivity contribution in [3.8, 4) is 6.01 Å². The summed E-state index contributed by atoms with van der Waals surface area (Å²) < 4.78 is 9.72. The number of aliphatic hydroxyl groups excluding tert-OH is 1. The van der Waals surface area contributed by atoms with E-state index in [-0.39, 0.29) is 24.8 Å². The normalized spacial score (nSPS) is 11.4. The lowest BCUT2D eigenvalue weighted by molar-refractivity contribution is 0.277. The van der Waals surface area contributed by atoms with Gasteiger partial charge in [0, 0.05) is 31.3 Å². The number of aryl methyl sites for hydroxylation is 2. The fourth-order valence-corrected chi connectivity index (χ4v) is 3.55. The molecule has 0 bridgehead atoms. The topological polar surface area (TPSA) is 104 Å². The third-order valence-electron chi connectivity index (χ3n) is 3.97. The molecule has 0 radical (unpaired) electrons. The molecule has 3 aromatic heterocycles. The van der Waals surface area contributed by atoms with Crippen molar-refractivity contribution in [3.63, 3.8) is 0 Å². The molecule has 9 nitrogen and oxygen atoms in total. The van der Waals surface area contributed by atoms with E-state index in [4.69, 9.17) is 9.84 Å². The van der Waals surface area contributed by atoms with Crippen molar-refractivity contribution >= 4 is 22.5 Å². The maximum atomic E-state index is 13.0. The zero-order chi connectivity index (χ0) is 18.8. The van der Waals surface area contributed by atoms with Gasteiger partial charge in [-0.3, -0.25) is 18.5 Å². The van der Waals surface area contributed by atoms with E-state index in [1.165, 1.54) is 15.9 Å². The van der Waals surface area contributed by atoms with Crippen molar-refractivity contribution in [1.82, 2.24) is 23.7 Å². The summed E-state index contributed by atoms with van der Waals surface area (Å²) in [5, 5.41) is 9.87. The molecule has 3 aromatic rings. The molecule has 0 amide bonds. The van der Waals surface area contributed by atoms with E-state index in [2.05, 4.69) is 9.97 Å². The SMILES string of the molecule is CCOc1nc2c(c(=O)n(CCCO)c(=O)n2C)n1Cc1ncc(C)s1. The van der Waals surface area contributed by atoms with Crippen LogP contribution in [0.5, 0.6) is 6.01 Å². The lowest BCUT2D eigenvalue weighted by atomic mass is 10.4. The predicted molar refractivity (Wildman–Crippen MR) is 98.1 cm³/mol. The number of ether oxygens (including phenoxy) is 1. The van der Waals surface area contributed by atoms with Gasteiger partial charge in [-0.15, -0.1) is 11.3 Å². The second-order valence-electron chi connectivity index (χ2n) is 5.83. The Bertz CT molecular complexity index is 1050. The van der Waals surface area contributed by atoms with Crippen molar-refractivity contribution in [2.75, 3.05) is 13.2 Å². The Morgan fingerprint density at radius 3 is 2.69 bits per heavy atom. The van der Waals surface area contributed by atoms with Crippen LogP contribution in [0.15, 0.2) is 15.8 Å². The number of aromatic nitrogens is 5. The maximum absolute atomic E-state index is 13.0. The van der Waals surface area contributed by atoms with Crippen LogP contribution in [0.2, 0.25) is 0 Å². The molecule has 0 fully saturated rings. The summed E-state index contributed by atoms with van der Waals surface area (Å²) in [5.74, 6) is 0. The van der Waals surface area contributed by atoms with Crippen molar-refractivity contribution < 1.29 is 9.84 Å². The molecular weight excluding hydrogens is 358 g/mol. The summed E-state index contributed by atoms with van der Waals surface area (Å²) in [6.45, 7) is 4.54. The lowest BCUT2D eigenvalue weighted by Crippen LogP contribution is -2.39. The average Bonchev–Trinajstić information content (AvgIpc) is 3.18. The zero-order valence-corrected chi connectivity index (χ0v) is 15.7. The number of aliphatic hydroxyl groups is 1. The molecule has 10 heteroatoms. The first-order valence-electron chi connectivity index (χ1n) is 8.33. The van der Waals surface area contributed by atoms with Gasteiger partial charge in [0.1, 0.15) is 5.01 Å². The van der Waals surface area contributed by atoms with Crippen LogP contribution in [0.4, 0.5) is 0 Å². The minimum Gasteiger partial charge on any atom is -0.465 e. The Labute approximate surface area is 153 Å². The molecule has 26 heavy (non-hydrogen) atoms. The van der Waals surface area contributed by atoms with E-state index in [0.717, 1.165) is 14.5 Å². The number of hydrogen-bond acceptors (Lipinski definition) is 7. The predicted octanol–water partition coefficient (Wildman–Crippen LogP) is 0.491. The van der Waals surface area contributed by atoms with Crippen LogP contribution < -0.4 is 16.0 Å². The van der Waals surface area contributed by atoms with Crippen LogP contribution in [0.25, 0.3) is 11.2 Å². The Balaban J connectivity index is 2.26. The largest absolute Gasteiger partial charge is 0.465 e. The maximum Gasteiger partial charge on any atom is 0.332 e. The lowest BCUT2D eigenvalue weighted by Gasteiger charge is -2.09. The molecule has 3 rings (SSSR count). The molecule has 3 heterocycles. The minimum absolute atomic E-state index is 0.102. The highest BCUT2D eigenvalue weighted by Gasteiger charge is 2.21. The van der Waals surface area contributed by atoms with Gasteiger partial charge in [0.05, 0.1) is 13.2 Å². The van der Waals surface area contributed by atoms with Crippen molar-refractivity contribution in [2.45, 2.75) is 33.4 Å². The number of thiazole rings is 1. The number of hydrogen-bond donors (Lipinski definition) is 1. The van der Waals surface area contributed by atoms with Gasteiger partial charge >= 0.3 is 5.69 Å². The Hall–Kier alpha value is -2.46. The summed E-state index contributed by atoms with van der Waals surface area (Å²) in [7, 11) is 1.57.